The highest BCUT2D eigenvalue weighted by Crippen LogP contribution is 2.39. The fraction of sp³-hybridized carbons (Fsp3) is 0.400. The third-order valence-electron chi connectivity index (χ3n) is 4.68. The quantitative estimate of drug-likeness (QED) is 0.551. The smallest absolute Gasteiger partial charge is 0.236 e. The highest BCUT2D eigenvalue weighted by atomic mass is 32.2. The van der Waals surface area contributed by atoms with E-state index in [9.17, 15) is 4.79 Å². The molecule has 146 valence electrons. The van der Waals surface area contributed by atoms with E-state index in [4.69, 9.17) is 0 Å². The zero-order valence-electron chi connectivity index (χ0n) is 16.0. The maximum atomic E-state index is 12.3. The van der Waals surface area contributed by atoms with Crippen LogP contribution in [0, 0.1) is 0 Å². The lowest BCUT2D eigenvalue weighted by Crippen LogP contribution is -2.14. The van der Waals surface area contributed by atoms with Crippen LogP contribution in [-0.2, 0) is 18.3 Å². The van der Waals surface area contributed by atoms with Gasteiger partial charge in [0, 0.05) is 23.9 Å². The van der Waals surface area contributed by atoms with Gasteiger partial charge in [-0.05, 0) is 24.8 Å². The summed E-state index contributed by atoms with van der Waals surface area (Å²) in [5.41, 5.74) is 3.29. The van der Waals surface area contributed by atoms with Crippen LogP contribution in [0.15, 0.2) is 34.8 Å². The van der Waals surface area contributed by atoms with Gasteiger partial charge >= 0.3 is 0 Å². The van der Waals surface area contributed by atoms with Crippen LogP contribution in [0.3, 0.4) is 0 Å². The summed E-state index contributed by atoms with van der Waals surface area (Å²) < 4.78 is 2.00. The molecule has 28 heavy (non-hydrogen) atoms. The number of thiazole rings is 1. The summed E-state index contributed by atoms with van der Waals surface area (Å²) in [6.45, 7) is 2.18. The van der Waals surface area contributed by atoms with E-state index < -0.39 is 0 Å². The van der Waals surface area contributed by atoms with Gasteiger partial charge in [0.1, 0.15) is 5.82 Å². The SMILES string of the molecule is CCCc1ccc(-c2csc(NC(=O)CSc3nnc(C4CC4)n3C)n2)cc1. The second kappa shape index (κ2) is 8.45. The van der Waals surface area contributed by atoms with Crippen molar-refractivity contribution in [1.29, 1.82) is 0 Å². The van der Waals surface area contributed by atoms with Gasteiger partial charge in [0.15, 0.2) is 10.3 Å². The molecule has 2 heterocycles. The van der Waals surface area contributed by atoms with Gasteiger partial charge in [0.25, 0.3) is 0 Å². The Morgan fingerprint density at radius 1 is 1.29 bits per heavy atom. The maximum absolute atomic E-state index is 12.3. The second-order valence-electron chi connectivity index (χ2n) is 7.00. The first kappa shape index (κ1) is 19.1. The Kier molecular flexibility index (Phi) is 5.77. The Bertz CT molecular complexity index is 959. The standard InChI is InChI=1S/C20H23N5OS2/c1-3-4-13-5-7-14(8-6-13)16-11-27-19(21-16)22-17(26)12-28-20-24-23-18(25(20)2)15-9-10-15/h5-8,11,15H,3-4,9-10,12H2,1-2H3,(H,21,22,26). The molecule has 0 atom stereocenters. The molecule has 2 aromatic heterocycles. The molecule has 0 radical (unpaired) electrons. The zero-order chi connectivity index (χ0) is 19.5. The third-order valence-corrected chi connectivity index (χ3v) is 6.46. The molecule has 0 unspecified atom stereocenters. The van der Waals surface area contributed by atoms with Gasteiger partial charge < -0.3 is 9.88 Å². The van der Waals surface area contributed by atoms with Crippen LogP contribution >= 0.6 is 23.1 Å². The fourth-order valence-corrected chi connectivity index (χ4v) is 4.48. The first-order chi connectivity index (χ1) is 13.6. The van der Waals surface area contributed by atoms with Gasteiger partial charge in [0.2, 0.25) is 5.91 Å². The molecule has 3 aromatic rings. The minimum atomic E-state index is -0.0832. The van der Waals surface area contributed by atoms with Crippen LogP contribution in [-0.4, -0.2) is 31.4 Å². The van der Waals surface area contributed by atoms with Crippen molar-refractivity contribution < 1.29 is 4.79 Å². The second-order valence-corrected chi connectivity index (χ2v) is 8.80. The van der Waals surface area contributed by atoms with Gasteiger partial charge in [0.05, 0.1) is 11.4 Å². The van der Waals surface area contributed by atoms with E-state index in [1.54, 1.807) is 0 Å². The first-order valence-electron chi connectivity index (χ1n) is 9.51. The van der Waals surface area contributed by atoms with Crippen LogP contribution in [0.5, 0.6) is 0 Å². The number of benzene rings is 1. The summed E-state index contributed by atoms with van der Waals surface area (Å²) >= 11 is 2.85. The molecule has 0 bridgehead atoms. The van der Waals surface area contributed by atoms with E-state index in [0.717, 1.165) is 35.1 Å². The normalized spacial score (nSPS) is 13.6. The number of anilines is 1. The summed E-state index contributed by atoms with van der Waals surface area (Å²) in [7, 11) is 1.97. The number of hydrogen-bond acceptors (Lipinski definition) is 6. The Balaban J connectivity index is 1.32. The van der Waals surface area contributed by atoms with Crippen molar-refractivity contribution in [2.24, 2.45) is 7.05 Å². The highest BCUT2D eigenvalue weighted by Gasteiger charge is 2.29. The van der Waals surface area contributed by atoms with Crippen molar-refractivity contribution in [2.75, 3.05) is 11.1 Å². The molecule has 1 aliphatic rings. The summed E-state index contributed by atoms with van der Waals surface area (Å²) in [4.78, 5) is 16.8. The predicted octanol–water partition coefficient (Wildman–Crippen LogP) is 4.50. The number of aryl methyl sites for hydroxylation is 1. The van der Waals surface area contributed by atoms with E-state index in [1.807, 2.05) is 17.0 Å². The fourth-order valence-electron chi connectivity index (χ4n) is 3.03. The van der Waals surface area contributed by atoms with Crippen LogP contribution in [0.2, 0.25) is 0 Å². The number of hydrogen-bond donors (Lipinski definition) is 1. The number of carbonyl (C=O) groups excluding carboxylic acids is 1. The predicted molar refractivity (Wildman–Crippen MR) is 114 cm³/mol. The largest absolute Gasteiger partial charge is 0.309 e. The van der Waals surface area contributed by atoms with Gasteiger partial charge in [-0.2, -0.15) is 0 Å². The van der Waals surface area contributed by atoms with E-state index in [2.05, 4.69) is 51.7 Å². The van der Waals surface area contributed by atoms with E-state index in [1.165, 1.54) is 41.5 Å². The van der Waals surface area contributed by atoms with Crippen LogP contribution in [0.25, 0.3) is 11.3 Å². The van der Waals surface area contributed by atoms with Crippen LogP contribution in [0.4, 0.5) is 5.13 Å². The lowest BCUT2D eigenvalue weighted by atomic mass is 10.1. The van der Waals surface area contributed by atoms with Crippen molar-refractivity contribution >= 4 is 34.1 Å². The number of rotatable bonds is 8. The van der Waals surface area contributed by atoms with E-state index >= 15 is 0 Å². The Morgan fingerprint density at radius 2 is 2.07 bits per heavy atom. The highest BCUT2D eigenvalue weighted by molar-refractivity contribution is 7.99. The van der Waals surface area contributed by atoms with Crippen molar-refractivity contribution in [3.05, 3.63) is 41.0 Å². The molecule has 1 amide bonds. The molecule has 0 aliphatic heterocycles. The summed E-state index contributed by atoms with van der Waals surface area (Å²) in [6, 6.07) is 8.47. The van der Waals surface area contributed by atoms with Gasteiger partial charge in [-0.15, -0.1) is 21.5 Å². The summed E-state index contributed by atoms with van der Waals surface area (Å²) in [6.07, 6.45) is 4.60. The Morgan fingerprint density at radius 3 is 2.79 bits per heavy atom. The number of aromatic nitrogens is 4. The van der Waals surface area contributed by atoms with Gasteiger partial charge in [-0.1, -0.05) is 49.4 Å². The molecule has 0 saturated heterocycles. The maximum Gasteiger partial charge on any atom is 0.236 e. The molecule has 1 aromatic carbocycles. The van der Waals surface area contributed by atoms with Crippen molar-refractivity contribution in [2.45, 2.75) is 43.7 Å². The Labute approximate surface area is 172 Å². The molecule has 8 heteroatoms. The molecule has 1 fully saturated rings. The van der Waals surface area contributed by atoms with E-state index in [0.29, 0.717) is 11.0 Å². The van der Waals surface area contributed by atoms with Gasteiger partial charge in [-0.3, -0.25) is 4.79 Å². The Hall–Kier alpha value is -2.19. The lowest BCUT2D eigenvalue weighted by Gasteiger charge is -2.03. The topological polar surface area (TPSA) is 72.7 Å². The molecule has 0 spiro atoms. The van der Waals surface area contributed by atoms with Crippen LogP contribution in [0.1, 0.15) is 43.5 Å². The van der Waals surface area contributed by atoms with Crippen LogP contribution < -0.4 is 5.32 Å². The third kappa shape index (κ3) is 4.44. The minimum absolute atomic E-state index is 0.0832. The van der Waals surface area contributed by atoms with Gasteiger partial charge in [-0.25, -0.2) is 4.98 Å². The molecule has 1 saturated carbocycles. The average Bonchev–Trinajstić information content (AvgIpc) is 3.32. The zero-order valence-corrected chi connectivity index (χ0v) is 17.6. The van der Waals surface area contributed by atoms with Crippen molar-refractivity contribution in [3.63, 3.8) is 0 Å². The molecular formula is C20H23N5OS2. The molecule has 6 nitrogen and oxygen atoms in total. The number of amides is 1. The first-order valence-corrected chi connectivity index (χ1v) is 11.4. The number of thioether (sulfide) groups is 1. The molecular weight excluding hydrogens is 390 g/mol. The number of nitrogens with zero attached hydrogens (tertiary/aromatic N) is 4. The molecule has 4 rings (SSSR count). The minimum Gasteiger partial charge on any atom is -0.309 e. The summed E-state index contributed by atoms with van der Waals surface area (Å²) in [5, 5.41) is 14.7. The number of carbonyl (C=O) groups is 1. The number of nitrogens with one attached hydrogen (secondary N) is 1. The average molecular weight is 414 g/mol. The lowest BCUT2D eigenvalue weighted by molar-refractivity contribution is -0.113. The van der Waals surface area contributed by atoms with E-state index in [-0.39, 0.29) is 11.7 Å². The molecule has 1 N–H and O–H groups in total. The summed E-state index contributed by atoms with van der Waals surface area (Å²) in [5.74, 6) is 1.78. The van der Waals surface area contributed by atoms with Crippen molar-refractivity contribution in [3.8, 4) is 11.3 Å². The molecule has 1 aliphatic carbocycles. The van der Waals surface area contributed by atoms with Crippen molar-refractivity contribution in [1.82, 2.24) is 19.7 Å². The monoisotopic (exact) mass is 413 g/mol.